The Balaban J connectivity index is 0.00000385. The lowest BCUT2D eigenvalue weighted by atomic mass is 9.99. The highest BCUT2D eigenvalue weighted by Gasteiger charge is 2.25. The Labute approximate surface area is 216 Å². The normalized spacial score (nSPS) is 17.7. The minimum absolute atomic E-state index is 0. The van der Waals surface area contributed by atoms with Crippen LogP contribution >= 0.6 is 24.0 Å². The molecule has 3 rings (SSSR count). The Kier molecular flexibility index (Phi) is 12.2. The molecule has 1 aromatic carbocycles. The van der Waals surface area contributed by atoms with Gasteiger partial charge in [0.15, 0.2) is 11.7 Å². The van der Waals surface area contributed by atoms with Gasteiger partial charge in [-0.15, -0.1) is 24.0 Å². The summed E-state index contributed by atoms with van der Waals surface area (Å²) >= 11 is 0. The van der Waals surface area contributed by atoms with Gasteiger partial charge >= 0.3 is 0 Å². The number of guanidine groups is 1. The molecule has 0 amide bonds. The maximum absolute atomic E-state index is 5.51. The summed E-state index contributed by atoms with van der Waals surface area (Å²) in [5.74, 6) is 2.11. The van der Waals surface area contributed by atoms with Crippen molar-refractivity contribution < 1.29 is 4.52 Å². The third-order valence-electron chi connectivity index (χ3n) is 6.43. The fourth-order valence-corrected chi connectivity index (χ4v) is 4.41. The predicted molar refractivity (Wildman–Crippen MR) is 146 cm³/mol. The molecule has 33 heavy (non-hydrogen) atoms. The zero-order chi connectivity index (χ0) is 22.8. The highest BCUT2D eigenvalue weighted by Crippen LogP contribution is 2.25. The van der Waals surface area contributed by atoms with Gasteiger partial charge in [0.05, 0.1) is 12.2 Å². The molecule has 2 N–H and O–H groups in total. The summed E-state index contributed by atoms with van der Waals surface area (Å²) < 4.78 is 5.51. The van der Waals surface area contributed by atoms with E-state index in [-0.39, 0.29) is 24.0 Å². The van der Waals surface area contributed by atoms with E-state index in [1.165, 1.54) is 5.56 Å². The van der Waals surface area contributed by atoms with Crippen molar-refractivity contribution in [3.05, 3.63) is 53.4 Å². The van der Waals surface area contributed by atoms with Gasteiger partial charge in [-0.3, -0.25) is 9.89 Å². The van der Waals surface area contributed by atoms with Gasteiger partial charge in [-0.1, -0.05) is 49.3 Å². The van der Waals surface area contributed by atoms with Crippen molar-refractivity contribution in [2.24, 2.45) is 4.99 Å². The summed E-state index contributed by atoms with van der Waals surface area (Å²) in [7, 11) is 4.02. The maximum atomic E-state index is 5.51. The smallest absolute Gasteiger partial charge is 0.191 e. The van der Waals surface area contributed by atoms with Crippen molar-refractivity contribution in [3.63, 3.8) is 0 Å². The van der Waals surface area contributed by atoms with Gasteiger partial charge in [-0.2, -0.15) is 0 Å². The van der Waals surface area contributed by atoms with E-state index in [0.29, 0.717) is 18.5 Å². The molecule has 0 saturated carbocycles. The van der Waals surface area contributed by atoms with E-state index in [1.54, 1.807) is 7.05 Å². The Hall–Kier alpha value is -1.65. The first kappa shape index (κ1) is 27.6. The summed E-state index contributed by atoms with van der Waals surface area (Å²) in [6, 6.07) is 13.4. The molecular weight excluding hydrogens is 527 g/mol. The third kappa shape index (κ3) is 8.26. The van der Waals surface area contributed by atoms with Crippen molar-refractivity contribution in [3.8, 4) is 0 Å². The molecule has 0 aliphatic carbocycles. The quantitative estimate of drug-likeness (QED) is 0.194. The monoisotopic (exact) mass is 568 g/mol. The van der Waals surface area contributed by atoms with E-state index < -0.39 is 0 Å². The molecule has 0 radical (unpaired) electrons. The zero-order valence-corrected chi connectivity index (χ0v) is 22.9. The molecule has 8 heteroatoms. The number of nitrogens with zero attached hydrogens (tertiary/aromatic N) is 4. The van der Waals surface area contributed by atoms with Crippen molar-refractivity contribution in [1.29, 1.82) is 0 Å². The lowest BCUT2D eigenvalue weighted by molar-refractivity contribution is 0.0891. The second kappa shape index (κ2) is 14.6. The zero-order valence-electron chi connectivity index (χ0n) is 20.6. The molecule has 2 aromatic rings. The molecular formula is C25H41IN6O. The number of aromatic nitrogens is 1. The van der Waals surface area contributed by atoms with Crippen molar-refractivity contribution in [1.82, 2.24) is 25.6 Å². The highest BCUT2D eigenvalue weighted by molar-refractivity contribution is 14.0. The van der Waals surface area contributed by atoms with Gasteiger partial charge in [-0.25, -0.2) is 0 Å². The summed E-state index contributed by atoms with van der Waals surface area (Å²) in [4.78, 5) is 9.39. The molecule has 0 spiro atoms. The Morgan fingerprint density at radius 1 is 1.18 bits per heavy atom. The van der Waals surface area contributed by atoms with Crippen LogP contribution in [-0.2, 0) is 6.54 Å². The van der Waals surface area contributed by atoms with Crippen LogP contribution in [0.1, 0.15) is 62.1 Å². The van der Waals surface area contributed by atoms with Crippen molar-refractivity contribution in [2.45, 2.75) is 51.6 Å². The maximum Gasteiger partial charge on any atom is 0.191 e. The lowest BCUT2D eigenvalue weighted by Crippen LogP contribution is -2.47. The number of aliphatic imine (C=N–C) groups is 1. The first-order valence-electron chi connectivity index (χ1n) is 12.0. The van der Waals surface area contributed by atoms with Crippen LogP contribution in [-0.4, -0.2) is 67.7 Å². The average Bonchev–Trinajstić information content (AvgIpc) is 3.29. The fraction of sp³-hybridized carbons (Fsp3) is 0.600. The van der Waals surface area contributed by atoms with Crippen molar-refractivity contribution in [2.75, 3.05) is 46.8 Å². The Bertz CT molecular complexity index is 823. The van der Waals surface area contributed by atoms with E-state index in [1.807, 2.05) is 0 Å². The predicted octanol–water partition coefficient (Wildman–Crippen LogP) is 4.24. The van der Waals surface area contributed by atoms with Crippen LogP contribution in [0.15, 0.2) is 45.9 Å². The van der Waals surface area contributed by atoms with Crippen molar-refractivity contribution >= 4 is 29.9 Å². The topological polar surface area (TPSA) is 68.9 Å². The van der Waals surface area contributed by atoms with Gasteiger partial charge in [-0.05, 0) is 31.9 Å². The second-order valence-corrected chi connectivity index (χ2v) is 8.66. The summed E-state index contributed by atoms with van der Waals surface area (Å²) in [5, 5.41) is 11.0. The largest absolute Gasteiger partial charge is 0.359 e. The molecule has 1 aliphatic rings. The van der Waals surface area contributed by atoms with Crippen LogP contribution in [0.5, 0.6) is 0 Å². The van der Waals surface area contributed by atoms with E-state index in [9.17, 15) is 0 Å². The van der Waals surface area contributed by atoms with Gasteiger partial charge in [0.1, 0.15) is 0 Å². The number of halogens is 1. The first-order valence-corrected chi connectivity index (χ1v) is 12.0. The Morgan fingerprint density at radius 3 is 2.64 bits per heavy atom. The van der Waals surface area contributed by atoms with Crippen LogP contribution in [0.3, 0.4) is 0 Å². The molecule has 1 unspecified atom stereocenters. The van der Waals surface area contributed by atoms with E-state index >= 15 is 0 Å². The van der Waals surface area contributed by atoms with E-state index in [2.05, 4.69) is 87.9 Å². The van der Waals surface area contributed by atoms with Crippen LogP contribution in [0, 0.1) is 0 Å². The molecule has 1 aliphatic heterocycles. The molecule has 1 atom stereocenters. The van der Waals surface area contributed by atoms with Gasteiger partial charge < -0.3 is 20.1 Å². The number of likely N-dealkylation sites (N-methyl/N-ethyl adjacent to an activating group) is 1. The minimum Gasteiger partial charge on any atom is -0.359 e. The number of hydrogen-bond acceptors (Lipinski definition) is 5. The Morgan fingerprint density at radius 2 is 1.94 bits per heavy atom. The molecule has 7 nitrogen and oxygen atoms in total. The van der Waals surface area contributed by atoms with E-state index in [4.69, 9.17) is 4.52 Å². The number of benzene rings is 1. The standard InChI is InChI=1S/C25H40N6O.HI/c1-5-20(6-2)23-17-22(32-29-23)18-28-25(26-3)27-13-10-14-31-16-15-30(4)19-24(31)21-11-8-7-9-12-21;/h7-9,11-12,17,20,24H,5-6,10,13-16,18-19H2,1-4H3,(H2,26,27,28);1H. The second-order valence-electron chi connectivity index (χ2n) is 8.66. The average molecular weight is 569 g/mol. The molecule has 1 aromatic heterocycles. The molecule has 2 heterocycles. The molecule has 1 fully saturated rings. The number of nitrogens with one attached hydrogen (secondary N) is 2. The number of hydrogen-bond donors (Lipinski definition) is 2. The van der Waals surface area contributed by atoms with Gasteiger partial charge in [0.2, 0.25) is 0 Å². The summed E-state index contributed by atoms with van der Waals surface area (Å²) in [6.07, 6.45) is 3.23. The van der Waals surface area contributed by atoms with Crippen LogP contribution in [0.25, 0.3) is 0 Å². The minimum atomic E-state index is 0. The molecule has 184 valence electrons. The summed E-state index contributed by atoms with van der Waals surface area (Å²) in [6.45, 7) is 10.2. The van der Waals surface area contributed by atoms with E-state index in [0.717, 1.165) is 69.4 Å². The number of rotatable bonds is 10. The first-order chi connectivity index (χ1) is 15.6. The number of piperazine rings is 1. The van der Waals surface area contributed by atoms with Crippen LogP contribution in [0.4, 0.5) is 0 Å². The lowest BCUT2D eigenvalue weighted by Gasteiger charge is -2.40. The highest BCUT2D eigenvalue weighted by atomic mass is 127. The SMILES string of the molecule is CCC(CC)c1cc(CNC(=NC)NCCCN2CCN(C)CC2c2ccccc2)on1.I. The third-order valence-corrected chi connectivity index (χ3v) is 6.43. The van der Waals surface area contributed by atoms with Gasteiger partial charge in [0.25, 0.3) is 0 Å². The molecule has 0 bridgehead atoms. The fourth-order valence-electron chi connectivity index (χ4n) is 4.41. The van der Waals surface area contributed by atoms with Crippen LogP contribution < -0.4 is 10.6 Å². The van der Waals surface area contributed by atoms with Gasteiger partial charge in [0, 0.05) is 57.8 Å². The molecule has 1 saturated heterocycles. The van der Waals surface area contributed by atoms with Crippen LogP contribution in [0.2, 0.25) is 0 Å². The summed E-state index contributed by atoms with van der Waals surface area (Å²) in [5.41, 5.74) is 2.46.